The van der Waals surface area contributed by atoms with Gasteiger partial charge in [-0.3, -0.25) is 67.1 Å². The molecule has 0 saturated carbocycles. The first-order chi connectivity index (χ1) is 57.5. The van der Waals surface area contributed by atoms with Crippen molar-refractivity contribution in [2.45, 2.75) is 274 Å². The van der Waals surface area contributed by atoms with E-state index in [1.54, 1.807) is 55.4 Å². The third-order valence-corrected chi connectivity index (χ3v) is 16.2. The Hall–Kier alpha value is -11.4. The number of hydrogen-bond donors (Lipinski definition) is 25. The van der Waals surface area contributed by atoms with Gasteiger partial charge in [-0.1, -0.05) is 76.2 Å². The molecule has 0 radical (unpaired) electrons. The Bertz CT molecular complexity index is 3870. The van der Waals surface area contributed by atoms with Crippen LogP contribution in [-0.2, 0) is 139 Å². The molecule has 54 heteroatoms. The van der Waals surface area contributed by atoms with Crippen molar-refractivity contribution in [3.8, 4) is 0 Å². The number of carbonyl (C=O) groups is 23. The molecule has 5 fully saturated rings. The number of Topliss-reactive ketones (excluding diaryl/α,β-unsaturated/α-hetero) is 13. The van der Waals surface area contributed by atoms with Gasteiger partial charge in [-0.2, -0.15) is 0 Å². The number of ketones is 13. The number of aliphatic hydroxyl groups excluding tert-OH is 18. The molecule has 6 rings (SSSR count). The monoisotopic (exact) mass is 1820 g/mol. The maximum Gasteiger partial charge on any atom is 0.383 e. The van der Waals surface area contributed by atoms with Gasteiger partial charge in [0, 0.05) is 0 Å². The highest BCUT2D eigenvalue weighted by Crippen LogP contribution is 2.26. The predicted octanol–water partition coefficient (Wildman–Crippen LogP) is -11.5. The van der Waals surface area contributed by atoms with E-state index in [9.17, 15) is 110 Å². The Balaban J connectivity index is -0.000000423. The topological polar surface area (TPSA) is 954 Å². The highest BCUT2D eigenvalue weighted by Gasteiger charge is 2.58. The van der Waals surface area contributed by atoms with Crippen molar-refractivity contribution in [3.63, 3.8) is 0 Å². The van der Waals surface area contributed by atoms with Crippen LogP contribution in [-0.4, -0.2) is 397 Å². The summed E-state index contributed by atoms with van der Waals surface area (Å²) in [6.45, 7) is 16.7. The Morgan fingerprint density at radius 3 is 1.07 bits per heavy atom. The lowest BCUT2D eigenvalue weighted by atomic mass is 10.0. The first-order valence-corrected chi connectivity index (χ1v) is 36.5. The number of ether oxygens (including phenoxy) is 6. The van der Waals surface area contributed by atoms with E-state index in [1.165, 1.54) is 20.8 Å². The molecule has 0 aromatic heterocycles. The van der Waals surface area contributed by atoms with Crippen molar-refractivity contribution in [1.29, 1.82) is 0 Å². The van der Waals surface area contributed by atoms with Crippen LogP contribution in [0.5, 0.6) is 0 Å². The molecule has 19 unspecified atom stereocenters. The molecule has 125 heavy (non-hydrogen) atoms. The number of cyclic esters (lactones) is 6. The molecule has 0 aromatic rings. The van der Waals surface area contributed by atoms with E-state index in [-0.39, 0.29) is 57.0 Å². The van der Waals surface area contributed by atoms with Gasteiger partial charge in [0.2, 0.25) is 46.2 Å². The third kappa shape index (κ3) is 37.9. The van der Waals surface area contributed by atoms with Gasteiger partial charge in [-0.05, 0) is 70.6 Å². The van der Waals surface area contributed by atoms with Crippen LogP contribution in [0.1, 0.15) is 147 Å². The van der Waals surface area contributed by atoms with Gasteiger partial charge < -0.3 is 156 Å². The van der Waals surface area contributed by atoms with E-state index >= 15 is 0 Å². The summed E-state index contributed by atoms with van der Waals surface area (Å²) >= 11 is 0. The summed E-state index contributed by atoms with van der Waals surface area (Å²) in [5.74, 6) is -36.6. The molecule has 0 bridgehead atoms. The normalized spacial score (nSPS) is 22.4. The summed E-state index contributed by atoms with van der Waals surface area (Å²) in [7, 11) is 0. The number of aliphatic hydroxyl groups is 22. The minimum atomic E-state index is -3.10. The third-order valence-electron chi connectivity index (χ3n) is 16.2. The molecular weight excluding hydrogens is 1720 g/mol. The van der Waals surface area contributed by atoms with Crippen LogP contribution >= 0.6 is 0 Å². The lowest BCUT2D eigenvalue weighted by Crippen LogP contribution is -2.45. The molecule has 0 aromatic carbocycles. The Kier molecular flexibility index (Phi) is 57.3. The van der Waals surface area contributed by atoms with Crippen molar-refractivity contribution >= 4 is 135 Å². The number of rotatable bonds is 30. The van der Waals surface area contributed by atoms with Crippen molar-refractivity contribution < 1.29 is 266 Å². The summed E-state index contributed by atoms with van der Waals surface area (Å²) in [5.41, 5.74) is 0. The predicted molar refractivity (Wildman–Crippen MR) is 391 cm³/mol. The second-order valence-electron chi connectivity index (χ2n) is 25.2. The highest BCUT2D eigenvalue weighted by molar-refractivity contribution is 6.66. The molecule has 25 N–H and O–H groups in total. The van der Waals surface area contributed by atoms with Gasteiger partial charge in [-0.15, -0.1) is 0 Å². The average molecular weight is 1820 g/mol. The van der Waals surface area contributed by atoms with E-state index in [1.807, 2.05) is 0 Å². The van der Waals surface area contributed by atoms with Crippen LogP contribution in [0, 0.1) is 0 Å². The zero-order valence-corrected chi connectivity index (χ0v) is 68.1. The second-order valence-corrected chi connectivity index (χ2v) is 25.2. The molecule has 0 aliphatic carbocycles. The van der Waals surface area contributed by atoms with Crippen LogP contribution in [0.3, 0.4) is 0 Å². The molecule has 6 aliphatic heterocycles. The fourth-order valence-electron chi connectivity index (χ4n) is 8.15. The second kappa shape index (κ2) is 58.6. The fourth-order valence-corrected chi connectivity index (χ4v) is 8.15. The number of carbonyl (C=O) groups excluding carboxylic acids is 20. The van der Waals surface area contributed by atoms with Gasteiger partial charge in [0.25, 0.3) is 23.1 Å². The molecule has 54 nitrogen and oxygen atoms in total. The smallest absolute Gasteiger partial charge is 0.383 e. The molecule has 710 valence electrons. The zero-order chi connectivity index (χ0) is 99.4. The lowest BCUT2D eigenvalue weighted by molar-refractivity contribution is -0.210. The number of esters is 6. The van der Waals surface area contributed by atoms with E-state index in [4.69, 9.17) is 128 Å². The maximum atomic E-state index is 11.0. The van der Waals surface area contributed by atoms with Crippen LogP contribution in [0.4, 0.5) is 0 Å². The molecule has 19 atom stereocenters. The molecule has 0 amide bonds. The van der Waals surface area contributed by atoms with Gasteiger partial charge >= 0.3 is 82.6 Å². The van der Waals surface area contributed by atoms with Crippen molar-refractivity contribution in [1.82, 2.24) is 0 Å². The lowest BCUT2D eigenvalue weighted by Gasteiger charge is -2.15. The van der Waals surface area contributed by atoms with E-state index in [0.717, 1.165) is 0 Å². The van der Waals surface area contributed by atoms with Gasteiger partial charge in [0.1, 0.15) is 49.3 Å². The summed E-state index contributed by atoms with van der Waals surface area (Å²) < 4.78 is 26.5. The summed E-state index contributed by atoms with van der Waals surface area (Å²) in [4.78, 5) is 241. The molecule has 0 spiro atoms. The van der Waals surface area contributed by atoms with E-state index < -0.39 is 280 Å². The Morgan fingerprint density at radius 2 is 0.808 bits per heavy atom. The van der Waals surface area contributed by atoms with Crippen LogP contribution < -0.4 is 0 Å². The molecule has 6 aliphatic rings. The van der Waals surface area contributed by atoms with Crippen LogP contribution in [0.2, 0.25) is 0 Å². The average Bonchev–Trinajstić information content (AvgIpc) is 1.65. The van der Waals surface area contributed by atoms with Gasteiger partial charge in [0.05, 0.1) is 36.6 Å². The zero-order valence-electron chi connectivity index (χ0n) is 68.1. The van der Waals surface area contributed by atoms with E-state index in [0.29, 0.717) is 25.7 Å². The fraction of sp³-hybridized carbons (Fsp3) is 0.620. The van der Waals surface area contributed by atoms with Crippen LogP contribution in [0.25, 0.3) is 0 Å². The maximum absolute atomic E-state index is 11.0. The largest absolute Gasteiger partial charge is 0.506 e. The minimum absolute atomic E-state index is 0.00352. The number of hydrogen-bond acceptors (Lipinski definition) is 51. The van der Waals surface area contributed by atoms with Gasteiger partial charge in [-0.25, -0.2) is 43.2 Å². The molecule has 5 saturated heterocycles. The number of aldehydes is 1. The Morgan fingerprint density at radius 1 is 0.408 bits per heavy atom. The number of carboxylic acid groups (broad SMARTS) is 3. The summed E-state index contributed by atoms with van der Waals surface area (Å²) in [6, 6.07) is 0. The summed E-state index contributed by atoms with van der Waals surface area (Å²) in [6.07, 6.45) is -21.5. The SMILES string of the molecule is CCC(O)C(=O)C(=O)C(=O)O.CCC(O)C(O)/C(O)=C(/O)C(=O)O.CCC(O)C(O)C(=O)C(=O)C(=O)O.CCC(O)C(O)C(=O)C(=O)CO.CCC(O)C(O)C(=O)C=O.CCC(O)C1OC(=O)C(=O)C1=O.CCC(O)C1OC(=O)C(O)(O)C1=O.CCC1OC(=O)C(=O)C1=O.CCC1OC(=O)C(=O)C1O.CCC1OC(=O)C(O)(O)C1O.CCC1OC(=O)C(O)=C1O. The van der Waals surface area contributed by atoms with Crippen molar-refractivity contribution in [2.75, 3.05) is 6.61 Å². The number of carboxylic acids is 3. The first kappa shape index (κ1) is 122. The Labute approximate surface area is 703 Å². The van der Waals surface area contributed by atoms with Gasteiger partial charge in [0.15, 0.2) is 54.4 Å². The standard InChI is InChI=1S/C7H10O6.C7H12O6.C7H10O6.C7H8O5.C7H12O5.C6H10O5.C6H8O5.2C6H8O4.C6H6O4.C6H10O4/c1-2-3(8)4-5(9)7(11,12)6(10)13-4;2*1-2-3(8)4(9)5(10)6(11)7(12)13;1-2-3(8)6-4(9)5(10)7(11)12-6;1-2-4(9)6(11)7(12)5(10)3-8;1-2-3-4(7)6(9,10)5(8)11-3;1-2-3(7)4(8)5(9)6(10)11;3*1-2-3-4(7)5(8)6(9)10-3;1-2-4(8)6(10)5(9)3-7/h3-4,8,11-12H,2H2,1H3;3-4,8-11H,2H2,1H3,(H,12,13);3-4,8-9H,2H2,1H3,(H,12,13);3,6,8H,2H2,1H3;4,6,8-9,11H,2-3H2,1H3;3-4,7,9-10H,2H2,1H3;3,7H,2H2,1H3,(H,10,11);3,7-8H,2H2,1H3;3-4,7H,2H2,1H3;3H,2H2,1H3;3-4,6,8,10H,2H2,1H3/b;6-5-;;;;;;;;;. The minimum Gasteiger partial charge on any atom is -0.506 e. The van der Waals surface area contributed by atoms with Crippen molar-refractivity contribution in [3.05, 3.63) is 23.0 Å². The van der Waals surface area contributed by atoms with Crippen LogP contribution in [0.15, 0.2) is 23.0 Å². The van der Waals surface area contributed by atoms with Crippen molar-refractivity contribution in [2.24, 2.45) is 0 Å². The summed E-state index contributed by atoms with van der Waals surface area (Å²) in [5, 5.41) is 219. The first-order valence-electron chi connectivity index (χ1n) is 36.5. The van der Waals surface area contributed by atoms with E-state index in [2.05, 4.69) is 28.4 Å². The molecule has 6 heterocycles. The molecular formula is C71H102O54. The number of aliphatic carboxylic acids is 3. The quantitative estimate of drug-likeness (QED) is 0.00464. The highest BCUT2D eigenvalue weighted by atomic mass is 16.7.